The standard InChI is InChI=1S/C10H13N5.2ClH/c1-15(2)7-5-3-4-6-8(7)9(11)14-10(12)13-6;;/h3-5H,1-2H3,(H4,11,12,13,14);2*1H. The number of nitrogens with two attached hydrogens (primary N) is 2. The van der Waals surface area contributed by atoms with E-state index in [-0.39, 0.29) is 30.8 Å². The Morgan fingerprint density at radius 2 is 1.71 bits per heavy atom. The van der Waals surface area contributed by atoms with Gasteiger partial charge in [-0.05, 0) is 12.1 Å². The molecule has 0 saturated heterocycles. The summed E-state index contributed by atoms with van der Waals surface area (Å²) in [4.78, 5) is 10.1. The van der Waals surface area contributed by atoms with Gasteiger partial charge >= 0.3 is 0 Å². The van der Waals surface area contributed by atoms with Crippen molar-refractivity contribution in [3.8, 4) is 0 Å². The lowest BCUT2D eigenvalue weighted by Gasteiger charge is -2.15. The summed E-state index contributed by atoms with van der Waals surface area (Å²) in [5.41, 5.74) is 13.1. The van der Waals surface area contributed by atoms with Gasteiger partial charge in [0.15, 0.2) is 0 Å². The molecule has 0 bridgehead atoms. The van der Waals surface area contributed by atoms with Crippen LogP contribution in [0.25, 0.3) is 10.9 Å². The molecule has 1 aromatic carbocycles. The van der Waals surface area contributed by atoms with Crippen LogP contribution in [0.2, 0.25) is 0 Å². The van der Waals surface area contributed by atoms with E-state index in [2.05, 4.69) is 9.97 Å². The summed E-state index contributed by atoms with van der Waals surface area (Å²) in [6, 6.07) is 5.76. The Bertz CT molecular complexity index is 515. The van der Waals surface area contributed by atoms with E-state index in [4.69, 9.17) is 11.5 Å². The van der Waals surface area contributed by atoms with Crippen LogP contribution in [0, 0.1) is 0 Å². The molecule has 1 heterocycles. The number of rotatable bonds is 1. The second-order valence-corrected chi connectivity index (χ2v) is 3.53. The highest BCUT2D eigenvalue weighted by Gasteiger charge is 2.08. The molecule has 0 amide bonds. The maximum atomic E-state index is 5.84. The first kappa shape index (κ1) is 15.5. The maximum Gasteiger partial charge on any atom is 0.222 e. The van der Waals surface area contributed by atoms with Crippen molar-refractivity contribution in [1.82, 2.24) is 9.97 Å². The third-order valence-corrected chi connectivity index (χ3v) is 2.23. The van der Waals surface area contributed by atoms with Crippen molar-refractivity contribution >= 4 is 53.2 Å². The monoisotopic (exact) mass is 275 g/mol. The first-order chi connectivity index (χ1) is 7.09. The second kappa shape index (κ2) is 5.75. The highest BCUT2D eigenvalue weighted by Crippen LogP contribution is 2.28. The molecule has 1 aromatic heterocycles. The molecule has 0 aliphatic carbocycles. The lowest BCUT2D eigenvalue weighted by atomic mass is 10.2. The van der Waals surface area contributed by atoms with Crippen LogP contribution in [0.4, 0.5) is 17.5 Å². The lowest BCUT2D eigenvalue weighted by Crippen LogP contribution is -2.11. The Morgan fingerprint density at radius 1 is 1.06 bits per heavy atom. The molecule has 0 aliphatic heterocycles. The minimum atomic E-state index is 0. The number of hydrogen-bond donors (Lipinski definition) is 2. The molecule has 0 saturated carbocycles. The van der Waals surface area contributed by atoms with E-state index in [0.29, 0.717) is 5.82 Å². The summed E-state index contributed by atoms with van der Waals surface area (Å²) >= 11 is 0. The Hall–Kier alpha value is -1.46. The fourth-order valence-corrected chi connectivity index (χ4v) is 1.58. The number of nitrogen functional groups attached to an aromatic ring is 2. The Morgan fingerprint density at radius 3 is 2.29 bits per heavy atom. The van der Waals surface area contributed by atoms with Crippen LogP contribution in [-0.4, -0.2) is 24.1 Å². The van der Waals surface area contributed by atoms with Gasteiger partial charge in [0, 0.05) is 19.8 Å². The molecule has 0 spiro atoms. The van der Waals surface area contributed by atoms with E-state index < -0.39 is 0 Å². The molecule has 17 heavy (non-hydrogen) atoms. The second-order valence-electron chi connectivity index (χ2n) is 3.53. The molecule has 4 N–H and O–H groups in total. The fraction of sp³-hybridized carbons (Fsp3) is 0.200. The molecule has 2 aromatic rings. The van der Waals surface area contributed by atoms with Gasteiger partial charge in [0.2, 0.25) is 5.95 Å². The summed E-state index contributed by atoms with van der Waals surface area (Å²) in [5, 5.41) is 0.844. The van der Waals surface area contributed by atoms with E-state index in [0.717, 1.165) is 16.6 Å². The zero-order valence-corrected chi connectivity index (χ0v) is 11.2. The van der Waals surface area contributed by atoms with Crippen molar-refractivity contribution in [2.45, 2.75) is 0 Å². The molecule has 0 radical (unpaired) electrons. The maximum absolute atomic E-state index is 5.84. The number of anilines is 3. The zero-order chi connectivity index (χ0) is 11.0. The SMILES string of the molecule is CN(C)c1cccc2nc(N)nc(N)c12.Cl.Cl. The van der Waals surface area contributed by atoms with Crippen LogP contribution in [0.15, 0.2) is 18.2 Å². The third-order valence-electron chi connectivity index (χ3n) is 2.23. The average Bonchev–Trinajstić information content (AvgIpc) is 2.16. The van der Waals surface area contributed by atoms with Crippen LogP contribution in [0.1, 0.15) is 0 Å². The minimum absolute atomic E-state index is 0. The molecule has 0 aliphatic rings. The molecule has 0 atom stereocenters. The van der Waals surface area contributed by atoms with Crippen molar-refractivity contribution in [3.63, 3.8) is 0 Å². The van der Waals surface area contributed by atoms with E-state index in [1.54, 1.807) is 0 Å². The first-order valence-corrected chi connectivity index (χ1v) is 4.58. The zero-order valence-electron chi connectivity index (χ0n) is 9.54. The molecule has 0 fully saturated rings. The highest BCUT2D eigenvalue weighted by molar-refractivity contribution is 5.99. The number of halogens is 2. The summed E-state index contributed by atoms with van der Waals surface area (Å²) in [6.07, 6.45) is 0. The van der Waals surface area contributed by atoms with Crippen molar-refractivity contribution < 1.29 is 0 Å². The smallest absolute Gasteiger partial charge is 0.222 e. The van der Waals surface area contributed by atoms with Gasteiger partial charge in [0.1, 0.15) is 5.82 Å². The van der Waals surface area contributed by atoms with Gasteiger partial charge in [0.25, 0.3) is 0 Å². The van der Waals surface area contributed by atoms with Gasteiger partial charge in [-0.2, -0.15) is 4.98 Å². The molecule has 5 nitrogen and oxygen atoms in total. The number of aromatic nitrogens is 2. The van der Waals surface area contributed by atoms with Crippen LogP contribution in [0.5, 0.6) is 0 Å². The average molecular weight is 276 g/mol. The van der Waals surface area contributed by atoms with Gasteiger partial charge in [-0.15, -0.1) is 24.8 Å². The number of hydrogen-bond acceptors (Lipinski definition) is 5. The Labute approximate surface area is 112 Å². The van der Waals surface area contributed by atoms with Gasteiger partial charge in [-0.1, -0.05) is 6.07 Å². The summed E-state index contributed by atoms with van der Waals surface area (Å²) in [6.45, 7) is 0. The quantitative estimate of drug-likeness (QED) is 0.828. The first-order valence-electron chi connectivity index (χ1n) is 4.58. The van der Waals surface area contributed by atoms with Crippen LogP contribution < -0.4 is 16.4 Å². The fourth-order valence-electron chi connectivity index (χ4n) is 1.58. The van der Waals surface area contributed by atoms with Crippen LogP contribution >= 0.6 is 24.8 Å². The normalized spacial score (nSPS) is 9.29. The minimum Gasteiger partial charge on any atom is -0.383 e. The van der Waals surface area contributed by atoms with Gasteiger partial charge < -0.3 is 16.4 Å². The molecule has 94 valence electrons. The topological polar surface area (TPSA) is 81.1 Å². The van der Waals surface area contributed by atoms with Crippen LogP contribution in [0.3, 0.4) is 0 Å². The van der Waals surface area contributed by atoms with Crippen molar-refractivity contribution in [3.05, 3.63) is 18.2 Å². The summed E-state index contributed by atoms with van der Waals surface area (Å²) in [7, 11) is 3.90. The van der Waals surface area contributed by atoms with E-state index >= 15 is 0 Å². The lowest BCUT2D eigenvalue weighted by molar-refractivity contribution is 1.14. The number of benzene rings is 1. The predicted molar refractivity (Wildman–Crippen MR) is 77.2 cm³/mol. The molecule has 2 rings (SSSR count). The van der Waals surface area contributed by atoms with Crippen LogP contribution in [-0.2, 0) is 0 Å². The van der Waals surface area contributed by atoms with Gasteiger partial charge in [-0.3, -0.25) is 0 Å². The molecular formula is C10H15Cl2N5. The number of nitrogens with zero attached hydrogens (tertiary/aromatic N) is 3. The molecule has 0 unspecified atom stereocenters. The Kier molecular flexibility index (Phi) is 5.25. The van der Waals surface area contributed by atoms with Gasteiger partial charge in [-0.25, -0.2) is 4.98 Å². The third kappa shape index (κ3) is 2.81. The van der Waals surface area contributed by atoms with Crippen molar-refractivity contribution in [2.75, 3.05) is 30.5 Å². The molecular weight excluding hydrogens is 261 g/mol. The highest BCUT2D eigenvalue weighted by atomic mass is 35.5. The molecule has 7 heteroatoms. The van der Waals surface area contributed by atoms with Gasteiger partial charge in [0.05, 0.1) is 10.9 Å². The predicted octanol–water partition coefficient (Wildman–Crippen LogP) is 1.70. The number of fused-ring (bicyclic) bond motifs is 1. The summed E-state index contributed by atoms with van der Waals surface area (Å²) < 4.78 is 0. The van der Waals surface area contributed by atoms with Crippen molar-refractivity contribution in [2.24, 2.45) is 0 Å². The Balaban J connectivity index is 0.00000128. The largest absolute Gasteiger partial charge is 0.383 e. The van der Waals surface area contributed by atoms with E-state index in [1.165, 1.54) is 0 Å². The van der Waals surface area contributed by atoms with E-state index in [9.17, 15) is 0 Å². The summed E-state index contributed by atoms with van der Waals surface area (Å²) in [5.74, 6) is 0.623. The van der Waals surface area contributed by atoms with Crippen molar-refractivity contribution in [1.29, 1.82) is 0 Å². The van der Waals surface area contributed by atoms with E-state index in [1.807, 2.05) is 37.2 Å².